The summed E-state index contributed by atoms with van der Waals surface area (Å²) >= 11 is 0. The SMILES string of the molecule is CN(C)CCC(N)CC1CC1. The second-order valence-corrected chi connectivity index (χ2v) is 4.03. The van der Waals surface area contributed by atoms with Crippen LogP contribution in [0.3, 0.4) is 0 Å². The van der Waals surface area contributed by atoms with E-state index >= 15 is 0 Å². The number of nitrogens with two attached hydrogens (primary N) is 1. The lowest BCUT2D eigenvalue weighted by atomic mass is 10.1. The first-order chi connectivity index (χ1) is 5.18. The molecular weight excluding hydrogens is 136 g/mol. The van der Waals surface area contributed by atoms with E-state index in [1.54, 1.807) is 0 Å². The summed E-state index contributed by atoms with van der Waals surface area (Å²) in [6.45, 7) is 1.13. The van der Waals surface area contributed by atoms with Gasteiger partial charge in [-0.2, -0.15) is 0 Å². The second kappa shape index (κ2) is 4.07. The summed E-state index contributed by atoms with van der Waals surface area (Å²) in [6.07, 6.45) is 5.27. The van der Waals surface area contributed by atoms with Gasteiger partial charge in [-0.15, -0.1) is 0 Å². The van der Waals surface area contributed by atoms with Gasteiger partial charge in [0.15, 0.2) is 0 Å². The molecule has 1 saturated carbocycles. The van der Waals surface area contributed by atoms with Crippen LogP contribution in [-0.2, 0) is 0 Å². The fraction of sp³-hybridized carbons (Fsp3) is 1.00. The molecule has 66 valence electrons. The lowest BCUT2D eigenvalue weighted by Crippen LogP contribution is -2.26. The van der Waals surface area contributed by atoms with Crippen LogP contribution in [-0.4, -0.2) is 31.6 Å². The van der Waals surface area contributed by atoms with Crippen LogP contribution in [0.5, 0.6) is 0 Å². The van der Waals surface area contributed by atoms with Crippen LogP contribution >= 0.6 is 0 Å². The van der Waals surface area contributed by atoms with Gasteiger partial charge >= 0.3 is 0 Å². The summed E-state index contributed by atoms with van der Waals surface area (Å²) in [7, 11) is 4.20. The van der Waals surface area contributed by atoms with E-state index in [9.17, 15) is 0 Å². The van der Waals surface area contributed by atoms with E-state index in [0.29, 0.717) is 6.04 Å². The van der Waals surface area contributed by atoms with E-state index in [0.717, 1.165) is 18.9 Å². The molecule has 1 aliphatic rings. The minimum Gasteiger partial charge on any atom is -0.328 e. The minimum absolute atomic E-state index is 0.449. The second-order valence-electron chi connectivity index (χ2n) is 4.03. The molecule has 2 N–H and O–H groups in total. The summed E-state index contributed by atoms with van der Waals surface area (Å²) in [4.78, 5) is 2.20. The Balaban J connectivity index is 1.95. The van der Waals surface area contributed by atoms with Crippen molar-refractivity contribution in [3.8, 4) is 0 Å². The monoisotopic (exact) mass is 156 g/mol. The first-order valence-electron chi connectivity index (χ1n) is 4.59. The zero-order valence-corrected chi connectivity index (χ0v) is 7.71. The third kappa shape index (κ3) is 4.38. The van der Waals surface area contributed by atoms with Gasteiger partial charge in [-0.05, 0) is 39.4 Å². The fourth-order valence-corrected chi connectivity index (χ4v) is 1.32. The van der Waals surface area contributed by atoms with Crippen LogP contribution in [0.1, 0.15) is 25.7 Å². The van der Waals surface area contributed by atoms with E-state index in [1.807, 2.05) is 0 Å². The van der Waals surface area contributed by atoms with E-state index < -0.39 is 0 Å². The van der Waals surface area contributed by atoms with E-state index in [1.165, 1.54) is 19.3 Å². The van der Waals surface area contributed by atoms with E-state index in [-0.39, 0.29) is 0 Å². The maximum atomic E-state index is 5.94. The normalized spacial score (nSPS) is 20.7. The Morgan fingerprint density at radius 3 is 2.55 bits per heavy atom. The standard InChI is InChI=1S/C9H20N2/c1-11(2)6-5-9(10)7-8-3-4-8/h8-9H,3-7,10H2,1-2H3. The van der Waals surface area contributed by atoms with Gasteiger partial charge in [-0.25, -0.2) is 0 Å². The molecule has 11 heavy (non-hydrogen) atoms. The van der Waals surface area contributed by atoms with Gasteiger partial charge in [-0.1, -0.05) is 12.8 Å². The van der Waals surface area contributed by atoms with Crippen molar-refractivity contribution in [2.24, 2.45) is 11.7 Å². The highest BCUT2D eigenvalue weighted by Crippen LogP contribution is 2.33. The number of hydrogen-bond acceptors (Lipinski definition) is 2. The average molecular weight is 156 g/mol. The van der Waals surface area contributed by atoms with Crippen molar-refractivity contribution in [1.29, 1.82) is 0 Å². The maximum absolute atomic E-state index is 5.94. The molecule has 0 aromatic carbocycles. The number of hydrogen-bond donors (Lipinski definition) is 1. The van der Waals surface area contributed by atoms with Gasteiger partial charge in [0.25, 0.3) is 0 Å². The molecule has 0 aliphatic heterocycles. The Bertz CT molecular complexity index is 108. The van der Waals surface area contributed by atoms with Gasteiger partial charge in [0.05, 0.1) is 0 Å². The highest BCUT2D eigenvalue weighted by atomic mass is 15.0. The predicted molar refractivity (Wildman–Crippen MR) is 48.5 cm³/mol. The van der Waals surface area contributed by atoms with Gasteiger partial charge in [0.1, 0.15) is 0 Å². The van der Waals surface area contributed by atoms with Crippen LogP contribution in [0.15, 0.2) is 0 Å². The topological polar surface area (TPSA) is 29.3 Å². The smallest absolute Gasteiger partial charge is 0.00536 e. The molecule has 0 bridgehead atoms. The van der Waals surface area contributed by atoms with Crippen LogP contribution in [0, 0.1) is 5.92 Å². The van der Waals surface area contributed by atoms with Crippen molar-refractivity contribution >= 4 is 0 Å². The van der Waals surface area contributed by atoms with Crippen molar-refractivity contribution in [3.05, 3.63) is 0 Å². The molecule has 2 nitrogen and oxygen atoms in total. The van der Waals surface area contributed by atoms with Gasteiger partial charge in [-0.3, -0.25) is 0 Å². The molecule has 1 aliphatic carbocycles. The first kappa shape index (κ1) is 9.01. The lowest BCUT2D eigenvalue weighted by molar-refractivity contribution is 0.370. The summed E-state index contributed by atoms with van der Waals surface area (Å²) in [5.41, 5.74) is 5.94. The molecule has 0 saturated heterocycles. The largest absolute Gasteiger partial charge is 0.328 e. The molecule has 1 rings (SSSR count). The zero-order valence-electron chi connectivity index (χ0n) is 7.71. The van der Waals surface area contributed by atoms with Gasteiger partial charge < -0.3 is 10.6 Å². The van der Waals surface area contributed by atoms with Crippen LogP contribution in [0.4, 0.5) is 0 Å². The zero-order chi connectivity index (χ0) is 8.27. The maximum Gasteiger partial charge on any atom is 0.00536 e. The Morgan fingerprint density at radius 2 is 2.09 bits per heavy atom. The molecule has 0 aromatic rings. The third-order valence-corrected chi connectivity index (χ3v) is 2.28. The van der Waals surface area contributed by atoms with Gasteiger partial charge in [0, 0.05) is 6.04 Å². The highest BCUT2D eigenvalue weighted by molar-refractivity contribution is 4.78. The fourth-order valence-electron chi connectivity index (χ4n) is 1.32. The predicted octanol–water partition coefficient (Wildman–Crippen LogP) is 1.07. The Kier molecular flexibility index (Phi) is 3.34. The Morgan fingerprint density at radius 1 is 1.45 bits per heavy atom. The Hall–Kier alpha value is -0.0800. The molecule has 0 spiro atoms. The van der Waals surface area contributed by atoms with E-state index in [4.69, 9.17) is 5.73 Å². The molecule has 2 heteroatoms. The van der Waals surface area contributed by atoms with Crippen molar-refractivity contribution in [2.45, 2.75) is 31.7 Å². The number of rotatable bonds is 5. The molecular formula is C9H20N2. The van der Waals surface area contributed by atoms with Crippen molar-refractivity contribution < 1.29 is 0 Å². The highest BCUT2D eigenvalue weighted by Gasteiger charge is 2.23. The molecule has 1 atom stereocenters. The van der Waals surface area contributed by atoms with Gasteiger partial charge in [0.2, 0.25) is 0 Å². The molecule has 0 radical (unpaired) electrons. The van der Waals surface area contributed by atoms with Crippen LogP contribution < -0.4 is 5.73 Å². The third-order valence-electron chi connectivity index (χ3n) is 2.28. The summed E-state index contributed by atoms with van der Waals surface area (Å²) in [5, 5.41) is 0. The van der Waals surface area contributed by atoms with Crippen molar-refractivity contribution in [1.82, 2.24) is 4.90 Å². The molecule has 0 heterocycles. The van der Waals surface area contributed by atoms with Crippen LogP contribution in [0.2, 0.25) is 0 Å². The average Bonchev–Trinajstić information content (AvgIpc) is 2.67. The first-order valence-corrected chi connectivity index (χ1v) is 4.59. The summed E-state index contributed by atoms with van der Waals surface area (Å²) in [5.74, 6) is 0.979. The lowest BCUT2D eigenvalue weighted by Gasteiger charge is -2.14. The Labute approximate surface area is 69.8 Å². The minimum atomic E-state index is 0.449. The summed E-state index contributed by atoms with van der Waals surface area (Å²) < 4.78 is 0. The summed E-state index contributed by atoms with van der Waals surface area (Å²) in [6, 6.07) is 0.449. The van der Waals surface area contributed by atoms with Crippen LogP contribution in [0.25, 0.3) is 0 Å². The molecule has 0 amide bonds. The van der Waals surface area contributed by atoms with E-state index in [2.05, 4.69) is 19.0 Å². The quantitative estimate of drug-likeness (QED) is 0.645. The van der Waals surface area contributed by atoms with Crippen molar-refractivity contribution in [3.63, 3.8) is 0 Å². The molecule has 1 unspecified atom stereocenters. The molecule has 1 fully saturated rings. The van der Waals surface area contributed by atoms with Crippen molar-refractivity contribution in [2.75, 3.05) is 20.6 Å². The number of nitrogens with zero attached hydrogens (tertiary/aromatic N) is 1. The molecule has 0 aromatic heterocycles.